The van der Waals surface area contributed by atoms with Crippen molar-refractivity contribution in [3.05, 3.63) is 17.5 Å². The van der Waals surface area contributed by atoms with E-state index in [0.717, 1.165) is 25.7 Å². The van der Waals surface area contributed by atoms with Gasteiger partial charge in [-0.2, -0.15) is 0 Å². The van der Waals surface area contributed by atoms with E-state index >= 15 is 0 Å². The Morgan fingerprint density at radius 3 is 2.84 bits per heavy atom. The number of amides is 1. The Bertz CT molecular complexity index is 403. The smallest absolute Gasteiger partial charge is 0.273 e. The number of carbonyl (C=O) groups excluding carboxylic acids is 1. The zero-order valence-corrected chi connectivity index (χ0v) is 11.7. The van der Waals surface area contributed by atoms with Crippen molar-refractivity contribution in [2.75, 3.05) is 7.11 Å². The van der Waals surface area contributed by atoms with E-state index in [1.807, 2.05) is 0 Å². The Kier molecular flexibility index (Phi) is 6.27. The maximum Gasteiger partial charge on any atom is 0.273 e. The topological polar surface area (TPSA) is 90.4 Å². The third-order valence-electron chi connectivity index (χ3n) is 3.19. The van der Waals surface area contributed by atoms with Crippen molar-refractivity contribution in [3.63, 3.8) is 0 Å². The maximum atomic E-state index is 11.9. The van der Waals surface area contributed by atoms with Gasteiger partial charge < -0.3 is 20.3 Å². The lowest BCUT2D eigenvalue weighted by Crippen LogP contribution is -2.40. The summed E-state index contributed by atoms with van der Waals surface area (Å²) >= 11 is 0. The maximum absolute atomic E-state index is 11.9. The summed E-state index contributed by atoms with van der Waals surface area (Å²) in [5.74, 6) is 0.356. The van der Waals surface area contributed by atoms with Crippen LogP contribution >= 0.6 is 12.4 Å². The van der Waals surface area contributed by atoms with Crippen LogP contribution in [0, 0.1) is 0 Å². The lowest BCUT2D eigenvalue weighted by Gasteiger charge is -2.26. The predicted molar refractivity (Wildman–Crippen MR) is 72.2 cm³/mol. The lowest BCUT2D eigenvalue weighted by molar-refractivity contribution is 0.0916. The number of halogens is 1. The summed E-state index contributed by atoms with van der Waals surface area (Å²) in [6.07, 6.45) is 3.77. The molecule has 19 heavy (non-hydrogen) atoms. The lowest BCUT2D eigenvalue weighted by atomic mass is 9.92. The molecule has 1 aliphatic carbocycles. The number of nitrogens with zero attached hydrogens (tertiary/aromatic N) is 1. The highest BCUT2D eigenvalue weighted by atomic mass is 35.5. The van der Waals surface area contributed by atoms with Gasteiger partial charge in [-0.3, -0.25) is 4.79 Å². The molecule has 1 amide bonds. The fraction of sp³-hybridized carbons (Fsp3) is 0.667. The number of nitrogens with one attached hydrogen (secondary N) is 1. The number of ether oxygens (including phenoxy) is 1. The van der Waals surface area contributed by atoms with Crippen molar-refractivity contribution in [2.45, 2.75) is 44.4 Å². The van der Waals surface area contributed by atoms with E-state index in [1.165, 1.54) is 0 Å². The largest absolute Gasteiger partial charge is 0.377 e. The van der Waals surface area contributed by atoms with E-state index < -0.39 is 0 Å². The first kappa shape index (κ1) is 15.9. The summed E-state index contributed by atoms with van der Waals surface area (Å²) in [4.78, 5) is 11.9. The van der Waals surface area contributed by atoms with Gasteiger partial charge in [0.15, 0.2) is 11.5 Å². The van der Waals surface area contributed by atoms with E-state index in [2.05, 4.69) is 10.5 Å². The van der Waals surface area contributed by atoms with Crippen LogP contribution in [0.5, 0.6) is 0 Å². The Morgan fingerprint density at radius 1 is 1.53 bits per heavy atom. The van der Waals surface area contributed by atoms with Crippen LogP contribution < -0.4 is 11.1 Å². The number of carbonyl (C=O) groups is 1. The van der Waals surface area contributed by atoms with E-state index in [1.54, 1.807) is 13.2 Å². The van der Waals surface area contributed by atoms with Crippen molar-refractivity contribution >= 4 is 18.3 Å². The fourth-order valence-corrected chi connectivity index (χ4v) is 2.15. The average Bonchev–Trinajstić information content (AvgIpc) is 2.81. The molecular weight excluding hydrogens is 270 g/mol. The monoisotopic (exact) mass is 289 g/mol. The van der Waals surface area contributed by atoms with Crippen LogP contribution in [0.25, 0.3) is 0 Å². The molecule has 0 aliphatic heterocycles. The van der Waals surface area contributed by atoms with E-state index in [-0.39, 0.29) is 30.4 Å². The van der Waals surface area contributed by atoms with Gasteiger partial charge in [0.05, 0.1) is 0 Å². The standard InChI is InChI=1S/C12H19N3O3.ClH/c1-17-7-10-6-11(15-18-10)12(16)14-9-4-2-8(13)3-5-9;/h6,8-9H,2-5,7,13H2,1H3,(H,14,16);1H. The van der Waals surface area contributed by atoms with Crippen molar-refractivity contribution in [1.82, 2.24) is 10.5 Å². The second-order valence-corrected chi connectivity index (χ2v) is 4.70. The van der Waals surface area contributed by atoms with Gasteiger partial charge in [-0.05, 0) is 25.7 Å². The Balaban J connectivity index is 0.00000180. The van der Waals surface area contributed by atoms with Gasteiger partial charge in [0.2, 0.25) is 0 Å². The van der Waals surface area contributed by atoms with Gasteiger partial charge in [0, 0.05) is 25.3 Å². The molecule has 1 saturated carbocycles. The van der Waals surface area contributed by atoms with Crippen molar-refractivity contribution in [3.8, 4) is 0 Å². The number of hydrogen-bond acceptors (Lipinski definition) is 5. The summed E-state index contributed by atoms with van der Waals surface area (Å²) in [5.41, 5.74) is 6.12. The Labute approximate surface area is 118 Å². The first-order chi connectivity index (χ1) is 8.69. The molecule has 0 saturated heterocycles. The summed E-state index contributed by atoms with van der Waals surface area (Å²) in [5, 5.41) is 6.68. The van der Waals surface area contributed by atoms with Gasteiger partial charge >= 0.3 is 0 Å². The molecule has 0 radical (unpaired) electrons. The number of methoxy groups -OCH3 is 1. The molecule has 0 aromatic carbocycles. The van der Waals surface area contributed by atoms with E-state index in [4.69, 9.17) is 15.0 Å². The molecule has 1 fully saturated rings. The average molecular weight is 290 g/mol. The van der Waals surface area contributed by atoms with Crippen LogP contribution in [-0.2, 0) is 11.3 Å². The van der Waals surface area contributed by atoms with Gasteiger partial charge in [0.1, 0.15) is 6.61 Å². The van der Waals surface area contributed by atoms with Crippen LogP contribution in [0.3, 0.4) is 0 Å². The van der Waals surface area contributed by atoms with Gasteiger partial charge in [0.25, 0.3) is 5.91 Å². The normalized spacial score (nSPS) is 22.6. The molecule has 108 valence electrons. The Hall–Kier alpha value is -1.11. The molecule has 0 bridgehead atoms. The van der Waals surface area contributed by atoms with Crippen LogP contribution in [0.15, 0.2) is 10.6 Å². The third kappa shape index (κ3) is 4.49. The number of aromatic nitrogens is 1. The molecule has 1 aromatic heterocycles. The van der Waals surface area contributed by atoms with Crippen molar-refractivity contribution in [1.29, 1.82) is 0 Å². The highest BCUT2D eigenvalue weighted by molar-refractivity contribution is 5.92. The summed E-state index contributed by atoms with van der Waals surface area (Å²) < 4.78 is 9.88. The van der Waals surface area contributed by atoms with Crippen molar-refractivity contribution in [2.24, 2.45) is 5.73 Å². The van der Waals surface area contributed by atoms with Gasteiger partial charge in [-0.1, -0.05) is 5.16 Å². The van der Waals surface area contributed by atoms with Crippen LogP contribution in [0.1, 0.15) is 41.9 Å². The SMILES string of the molecule is COCc1cc(C(=O)NC2CCC(N)CC2)no1.Cl. The molecule has 1 aromatic rings. The minimum Gasteiger partial charge on any atom is -0.377 e. The molecule has 0 spiro atoms. The molecule has 3 N–H and O–H groups in total. The quantitative estimate of drug-likeness (QED) is 0.870. The number of rotatable bonds is 4. The van der Waals surface area contributed by atoms with Crippen LogP contribution in [0.2, 0.25) is 0 Å². The first-order valence-electron chi connectivity index (χ1n) is 6.20. The molecular formula is C12H20ClN3O3. The van der Waals surface area contributed by atoms with Gasteiger partial charge in [-0.15, -0.1) is 12.4 Å². The van der Waals surface area contributed by atoms with Crippen molar-refractivity contribution < 1.29 is 14.1 Å². The Morgan fingerprint density at radius 2 is 2.21 bits per heavy atom. The van der Waals surface area contributed by atoms with E-state index in [9.17, 15) is 4.79 Å². The first-order valence-corrected chi connectivity index (χ1v) is 6.20. The predicted octanol–water partition coefficient (Wildman–Crippen LogP) is 1.24. The summed E-state index contributed by atoms with van der Waals surface area (Å²) in [7, 11) is 1.56. The molecule has 2 rings (SSSR count). The molecule has 7 heteroatoms. The van der Waals surface area contributed by atoms with Gasteiger partial charge in [-0.25, -0.2) is 0 Å². The minimum absolute atomic E-state index is 0. The van der Waals surface area contributed by atoms with Crippen LogP contribution in [0.4, 0.5) is 0 Å². The molecule has 0 atom stereocenters. The molecule has 0 unspecified atom stereocenters. The second-order valence-electron chi connectivity index (χ2n) is 4.70. The molecule has 6 nitrogen and oxygen atoms in total. The van der Waals surface area contributed by atoms with Crippen LogP contribution in [-0.4, -0.2) is 30.3 Å². The minimum atomic E-state index is -0.193. The summed E-state index contributed by atoms with van der Waals surface area (Å²) in [6.45, 7) is 0.318. The third-order valence-corrected chi connectivity index (χ3v) is 3.19. The fourth-order valence-electron chi connectivity index (χ4n) is 2.15. The highest BCUT2D eigenvalue weighted by Gasteiger charge is 2.22. The summed E-state index contributed by atoms with van der Waals surface area (Å²) in [6, 6.07) is 2.08. The number of nitrogens with two attached hydrogens (primary N) is 1. The molecule has 1 heterocycles. The van der Waals surface area contributed by atoms with E-state index in [0.29, 0.717) is 18.1 Å². The highest BCUT2D eigenvalue weighted by Crippen LogP contribution is 2.17. The molecule has 1 aliphatic rings. The second kappa shape index (κ2) is 7.47. The number of hydrogen-bond donors (Lipinski definition) is 2. The zero-order chi connectivity index (χ0) is 13.0. The zero-order valence-electron chi connectivity index (χ0n) is 10.9.